The second kappa shape index (κ2) is 8.03. The van der Waals surface area contributed by atoms with Crippen LogP contribution in [0.4, 0.5) is 0 Å². The summed E-state index contributed by atoms with van der Waals surface area (Å²) in [6, 6.07) is 9.73. The molecule has 0 N–H and O–H groups in total. The number of aromatic nitrogens is 6. The third-order valence-electron chi connectivity index (χ3n) is 5.27. The maximum atomic E-state index is 12.3. The standard InChI is InChI=1S/C22H23ClN6O2/c1-13-7-6-8-19(29-22(30)28(5)25-26-29)17(13)12-31-20-10-14(2)16(9-15(20)3)21-18(23)11-27(4)24-21/h6-11H,12H2,1-5H3. The van der Waals surface area contributed by atoms with E-state index in [-0.39, 0.29) is 12.3 Å². The number of ether oxygens (including phenoxy) is 1. The zero-order valence-electron chi connectivity index (χ0n) is 18.0. The second-order valence-electron chi connectivity index (χ2n) is 7.59. The minimum absolute atomic E-state index is 0.287. The van der Waals surface area contributed by atoms with Gasteiger partial charge in [0.15, 0.2) is 0 Å². The molecule has 31 heavy (non-hydrogen) atoms. The lowest BCUT2D eigenvalue weighted by Crippen LogP contribution is -2.23. The molecule has 2 heterocycles. The topological polar surface area (TPSA) is 79.8 Å². The van der Waals surface area contributed by atoms with Crippen LogP contribution in [0.1, 0.15) is 22.3 Å². The summed E-state index contributed by atoms with van der Waals surface area (Å²) >= 11 is 6.34. The molecule has 9 heteroatoms. The minimum atomic E-state index is -0.310. The number of nitrogens with zero attached hydrogens (tertiary/aromatic N) is 6. The van der Waals surface area contributed by atoms with Crippen molar-refractivity contribution in [3.05, 3.63) is 74.3 Å². The van der Waals surface area contributed by atoms with Gasteiger partial charge < -0.3 is 4.74 Å². The zero-order valence-corrected chi connectivity index (χ0v) is 18.8. The van der Waals surface area contributed by atoms with Gasteiger partial charge in [-0.25, -0.2) is 4.79 Å². The number of hydrogen-bond acceptors (Lipinski definition) is 5. The van der Waals surface area contributed by atoms with E-state index < -0.39 is 0 Å². The van der Waals surface area contributed by atoms with E-state index in [1.807, 2.05) is 58.2 Å². The van der Waals surface area contributed by atoms with Crippen molar-refractivity contribution in [1.29, 1.82) is 0 Å². The summed E-state index contributed by atoms with van der Waals surface area (Å²) in [4.78, 5) is 12.3. The fourth-order valence-electron chi connectivity index (χ4n) is 3.53. The molecule has 0 spiro atoms. The fraction of sp³-hybridized carbons (Fsp3) is 0.273. The Balaban J connectivity index is 1.66. The predicted molar refractivity (Wildman–Crippen MR) is 119 cm³/mol. The molecular weight excluding hydrogens is 416 g/mol. The van der Waals surface area contributed by atoms with Gasteiger partial charge in [0.25, 0.3) is 0 Å². The molecule has 0 fully saturated rings. The summed E-state index contributed by atoms with van der Waals surface area (Å²) in [6.07, 6.45) is 1.78. The van der Waals surface area contributed by atoms with E-state index >= 15 is 0 Å². The van der Waals surface area contributed by atoms with Crippen LogP contribution in [0.2, 0.25) is 5.02 Å². The lowest BCUT2D eigenvalue weighted by molar-refractivity contribution is 0.302. The lowest BCUT2D eigenvalue weighted by atomic mass is 10.0. The Morgan fingerprint density at radius 1 is 1.03 bits per heavy atom. The molecule has 0 radical (unpaired) electrons. The molecule has 0 aliphatic heterocycles. The van der Waals surface area contributed by atoms with Crippen LogP contribution in [0.5, 0.6) is 5.75 Å². The first kappa shape index (κ1) is 20.9. The molecular formula is C22H23ClN6O2. The van der Waals surface area contributed by atoms with Crippen molar-refractivity contribution in [1.82, 2.24) is 29.6 Å². The van der Waals surface area contributed by atoms with Crippen molar-refractivity contribution in [2.45, 2.75) is 27.4 Å². The monoisotopic (exact) mass is 438 g/mol. The van der Waals surface area contributed by atoms with Crippen LogP contribution in [0.3, 0.4) is 0 Å². The quantitative estimate of drug-likeness (QED) is 0.476. The van der Waals surface area contributed by atoms with Crippen LogP contribution in [-0.4, -0.2) is 29.6 Å². The highest BCUT2D eigenvalue weighted by molar-refractivity contribution is 6.33. The molecule has 2 aromatic heterocycles. The van der Waals surface area contributed by atoms with Gasteiger partial charge in [0.05, 0.1) is 10.7 Å². The maximum Gasteiger partial charge on any atom is 0.368 e. The van der Waals surface area contributed by atoms with Gasteiger partial charge in [0, 0.05) is 31.4 Å². The molecule has 0 atom stereocenters. The van der Waals surface area contributed by atoms with E-state index in [0.717, 1.165) is 39.3 Å². The molecule has 0 aliphatic rings. The molecule has 8 nitrogen and oxygen atoms in total. The predicted octanol–water partition coefficient (Wildman–Crippen LogP) is 3.52. The normalized spacial score (nSPS) is 11.2. The first-order valence-electron chi connectivity index (χ1n) is 9.77. The average molecular weight is 439 g/mol. The fourth-order valence-corrected chi connectivity index (χ4v) is 3.81. The molecule has 0 saturated heterocycles. The highest BCUT2D eigenvalue weighted by Crippen LogP contribution is 2.33. The van der Waals surface area contributed by atoms with Gasteiger partial charge in [-0.1, -0.05) is 23.7 Å². The molecule has 0 aliphatic carbocycles. The number of hydrogen-bond donors (Lipinski definition) is 0. The summed E-state index contributed by atoms with van der Waals surface area (Å²) in [5.41, 5.74) is 5.92. The molecule has 0 bridgehead atoms. The van der Waals surface area contributed by atoms with Crippen molar-refractivity contribution in [3.63, 3.8) is 0 Å². The van der Waals surface area contributed by atoms with Crippen LogP contribution in [0.15, 0.2) is 41.3 Å². The number of benzene rings is 2. The summed E-state index contributed by atoms with van der Waals surface area (Å²) < 4.78 is 10.4. The average Bonchev–Trinajstić information content (AvgIpc) is 3.23. The first-order valence-corrected chi connectivity index (χ1v) is 10.2. The van der Waals surface area contributed by atoms with E-state index in [1.165, 1.54) is 9.36 Å². The molecule has 0 amide bonds. The number of tetrazole rings is 1. The Labute approximate surface area is 184 Å². The summed E-state index contributed by atoms with van der Waals surface area (Å²) in [5.74, 6) is 0.758. The van der Waals surface area contributed by atoms with Crippen LogP contribution >= 0.6 is 11.6 Å². The Morgan fingerprint density at radius 3 is 2.45 bits per heavy atom. The maximum absolute atomic E-state index is 12.3. The second-order valence-corrected chi connectivity index (χ2v) is 8.00. The highest BCUT2D eigenvalue weighted by Gasteiger charge is 2.16. The summed E-state index contributed by atoms with van der Waals surface area (Å²) in [5, 5.41) is 12.9. The SMILES string of the molecule is Cc1cc(-c2nn(C)cc2Cl)c(C)cc1OCc1c(C)cccc1-n1nnn(C)c1=O. The van der Waals surface area contributed by atoms with Crippen molar-refractivity contribution in [2.75, 3.05) is 0 Å². The summed E-state index contributed by atoms with van der Waals surface area (Å²) in [7, 11) is 3.41. The van der Waals surface area contributed by atoms with Gasteiger partial charge in [0.1, 0.15) is 18.1 Å². The van der Waals surface area contributed by atoms with E-state index in [9.17, 15) is 4.79 Å². The van der Waals surface area contributed by atoms with Crippen LogP contribution < -0.4 is 10.4 Å². The van der Waals surface area contributed by atoms with Crippen molar-refractivity contribution < 1.29 is 4.74 Å². The van der Waals surface area contributed by atoms with Gasteiger partial charge in [-0.15, -0.1) is 0 Å². The van der Waals surface area contributed by atoms with Crippen molar-refractivity contribution in [3.8, 4) is 22.7 Å². The van der Waals surface area contributed by atoms with Crippen LogP contribution in [0.25, 0.3) is 16.9 Å². The van der Waals surface area contributed by atoms with Gasteiger partial charge in [-0.05, 0) is 66.1 Å². The highest BCUT2D eigenvalue weighted by atomic mass is 35.5. The number of aryl methyl sites for hydroxylation is 5. The zero-order chi connectivity index (χ0) is 22.3. The largest absolute Gasteiger partial charge is 0.489 e. The van der Waals surface area contributed by atoms with Gasteiger partial charge in [-0.3, -0.25) is 4.68 Å². The first-order chi connectivity index (χ1) is 14.8. The molecule has 4 rings (SSSR count). The Bertz CT molecular complexity index is 1330. The molecule has 0 unspecified atom stereocenters. The van der Waals surface area contributed by atoms with E-state index in [2.05, 4.69) is 15.5 Å². The van der Waals surface area contributed by atoms with Crippen LogP contribution in [-0.2, 0) is 20.7 Å². The molecule has 4 aromatic rings. The van der Waals surface area contributed by atoms with E-state index in [1.54, 1.807) is 17.9 Å². The number of rotatable bonds is 5. The Morgan fingerprint density at radius 2 is 1.81 bits per heavy atom. The lowest BCUT2D eigenvalue weighted by Gasteiger charge is -2.16. The van der Waals surface area contributed by atoms with Crippen molar-refractivity contribution in [2.24, 2.45) is 14.1 Å². The molecule has 160 valence electrons. The smallest absolute Gasteiger partial charge is 0.368 e. The Hall–Kier alpha value is -3.39. The third-order valence-corrected chi connectivity index (χ3v) is 5.55. The molecule has 2 aromatic carbocycles. The van der Waals surface area contributed by atoms with E-state index in [4.69, 9.17) is 16.3 Å². The van der Waals surface area contributed by atoms with Gasteiger partial charge in [-0.2, -0.15) is 14.5 Å². The third kappa shape index (κ3) is 3.86. The number of halogens is 1. The Kier molecular flexibility index (Phi) is 5.41. The summed E-state index contributed by atoms with van der Waals surface area (Å²) in [6.45, 7) is 6.26. The minimum Gasteiger partial charge on any atom is -0.489 e. The van der Waals surface area contributed by atoms with Crippen molar-refractivity contribution >= 4 is 11.6 Å². The van der Waals surface area contributed by atoms with Gasteiger partial charge in [0.2, 0.25) is 0 Å². The van der Waals surface area contributed by atoms with E-state index in [0.29, 0.717) is 10.7 Å². The van der Waals surface area contributed by atoms with Gasteiger partial charge >= 0.3 is 5.69 Å². The van der Waals surface area contributed by atoms with Crippen LogP contribution in [0, 0.1) is 20.8 Å². The molecule has 0 saturated carbocycles.